The van der Waals surface area contributed by atoms with Crippen LogP contribution in [0.4, 0.5) is 0 Å². The number of fused-ring (bicyclic) bond motifs is 2. The van der Waals surface area contributed by atoms with Crippen molar-refractivity contribution in [1.29, 1.82) is 0 Å². The van der Waals surface area contributed by atoms with Crippen LogP contribution in [0.25, 0.3) is 44.6 Å². The van der Waals surface area contributed by atoms with Gasteiger partial charge in [0.05, 0.1) is 33.8 Å². The minimum Gasteiger partial charge on any atom is -0.246 e. The van der Waals surface area contributed by atoms with Gasteiger partial charge in [-0.15, -0.1) is 0 Å². The average Bonchev–Trinajstić information content (AvgIpc) is 2.73. The molecule has 28 heavy (non-hydrogen) atoms. The molecule has 5 rings (SSSR count). The van der Waals surface area contributed by atoms with Crippen molar-refractivity contribution in [1.82, 2.24) is 15.0 Å². The Labute approximate surface area is 163 Å². The molecule has 0 bridgehead atoms. The highest BCUT2D eigenvalue weighted by molar-refractivity contribution is 5.83. The van der Waals surface area contributed by atoms with Crippen molar-refractivity contribution < 1.29 is 0 Å². The first kappa shape index (κ1) is 16.6. The fourth-order valence-electron chi connectivity index (χ4n) is 3.50. The lowest BCUT2D eigenvalue weighted by molar-refractivity contribution is 1.25. The SMILES string of the molecule is Cc1ccc2nc(-c3cccc(-c4ccc5cc(C)ccc5n4)n3)ccc2c1. The third kappa shape index (κ3) is 3.01. The van der Waals surface area contributed by atoms with Crippen LogP contribution >= 0.6 is 0 Å². The van der Waals surface area contributed by atoms with Crippen molar-refractivity contribution in [3.63, 3.8) is 0 Å². The maximum atomic E-state index is 4.84. The predicted octanol–water partition coefficient (Wildman–Crippen LogP) is 6.13. The van der Waals surface area contributed by atoms with Gasteiger partial charge in [-0.2, -0.15) is 0 Å². The summed E-state index contributed by atoms with van der Waals surface area (Å²) in [6.45, 7) is 4.19. The summed E-state index contributed by atoms with van der Waals surface area (Å²) in [6, 6.07) is 26.9. The van der Waals surface area contributed by atoms with Gasteiger partial charge in [-0.25, -0.2) is 15.0 Å². The maximum Gasteiger partial charge on any atom is 0.0894 e. The Morgan fingerprint density at radius 3 is 1.43 bits per heavy atom. The first-order valence-electron chi connectivity index (χ1n) is 9.38. The summed E-state index contributed by atoms with van der Waals surface area (Å²) in [5.41, 5.74) is 7.88. The Morgan fingerprint density at radius 1 is 0.464 bits per heavy atom. The molecule has 0 atom stereocenters. The summed E-state index contributed by atoms with van der Waals surface area (Å²) >= 11 is 0. The molecule has 0 radical (unpaired) electrons. The zero-order valence-electron chi connectivity index (χ0n) is 15.8. The number of benzene rings is 2. The second kappa shape index (κ2) is 6.54. The van der Waals surface area contributed by atoms with E-state index in [1.807, 2.05) is 30.3 Å². The second-order valence-corrected chi connectivity index (χ2v) is 7.19. The van der Waals surface area contributed by atoms with Crippen LogP contribution in [-0.4, -0.2) is 15.0 Å². The third-order valence-electron chi connectivity index (χ3n) is 4.96. The molecule has 134 valence electrons. The van der Waals surface area contributed by atoms with Gasteiger partial charge in [-0.1, -0.05) is 41.5 Å². The standard InChI is InChI=1S/C25H19N3/c1-16-6-10-20-18(14-16)8-12-24(26-20)22-4-3-5-23(28-22)25-13-9-19-15-17(2)7-11-21(19)27-25/h3-15H,1-2H3. The Balaban J connectivity index is 1.58. The van der Waals surface area contributed by atoms with Gasteiger partial charge in [0.25, 0.3) is 0 Å². The monoisotopic (exact) mass is 361 g/mol. The molecule has 0 saturated heterocycles. The van der Waals surface area contributed by atoms with E-state index in [1.165, 1.54) is 11.1 Å². The van der Waals surface area contributed by atoms with Gasteiger partial charge < -0.3 is 0 Å². The lowest BCUT2D eigenvalue weighted by Gasteiger charge is -2.07. The third-order valence-corrected chi connectivity index (χ3v) is 4.96. The van der Waals surface area contributed by atoms with Gasteiger partial charge in [-0.05, 0) is 62.4 Å². The zero-order valence-corrected chi connectivity index (χ0v) is 15.8. The van der Waals surface area contributed by atoms with E-state index < -0.39 is 0 Å². The van der Waals surface area contributed by atoms with Gasteiger partial charge in [-0.3, -0.25) is 0 Å². The summed E-state index contributed by atoms with van der Waals surface area (Å²) in [4.78, 5) is 14.4. The number of aryl methyl sites for hydroxylation is 2. The molecule has 0 aliphatic rings. The molecule has 0 aliphatic carbocycles. The quantitative estimate of drug-likeness (QED) is 0.380. The number of nitrogens with zero attached hydrogens (tertiary/aromatic N) is 3. The van der Waals surface area contributed by atoms with E-state index in [1.54, 1.807) is 0 Å². The van der Waals surface area contributed by atoms with E-state index in [-0.39, 0.29) is 0 Å². The van der Waals surface area contributed by atoms with Crippen LogP contribution in [0.15, 0.2) is 78.9 Å². The highest BCUT2D eigenvalue weighted by atomic mass is 14.8. The number of hydrogen-bond acceptors (Lipinski definition) is 3. The van der Waals surface area contributed by atoms with Gasteiger partial charge in [0, 0.05) is 10.8 Å². The van der Waals surface area contributed by atoms with Crippen molar-refractivity contribution in [2.75, 3.05) is 0 Å². The van der Waals surface area contributed by atoms with E-state index in [0.717, 1.165) is 44.6 Å². The van der Waals surface area contributed by atoms with Crippen molar-refractivity contribution in [2.24, 2.45) is 0 Å². The number of hydrogen-bond donors (Lipinski definition) is 0. The highest BCUT2D eigenvalue weighted by Crippen LogP contribution is 2.25. The van der Waals surface area contributed by atoms with E-state index in [4.69, 9.17) is 15.0 Å². The smallest absolute Gasteiger partial charge is 0.0894 e. The highest BCUT2D eigenvalue weighted by Gasteiger charge is 2.08. The molecule has 2 aromatic carbocycles. The van der Waals surface area contributed by atoms with E-state index >= 15 is 0 Å². The van der Waals surface area contributed by atoms with Gasteiger partial charge >= 0.3 is 0 Å². The van der Waals surface area contributed by atoms with E-state index in [9.17, 15) is 0 Å². The molecule has 0 aliphatic heterocycles. The molecule has 3 heteroatoms. The van der Waals surface area contributed by atoms with E-state index in [2.05, 4.69) is 62.4 Å². The zero-order chi connectivity index (χ0) is 19.1. The average molecular weight is 361 g/mol. The van der Waals surface area contributed by atoms with Crippen LogP contribution in [0, 0.1) is 13.8 Å². The first-order valence-corrected chi connectivity index (χ1v) is 9.38. The fourth-order valence-corrected chi connectivity index (χ4v) is 3.50. The molecule has 3 nitrogen and oxygen atoms in total. The van der Waals surface area contributed by atoms with Crippen LogP contribution in [-0.2, 0) is 0 Å². The van der Waals surface area contributed by atoms with Gasteiger partial charge in [0.2, 0.25) is 0 Å². The van der Waals surface area contributed by atoms with Crippen LogP contribution in [0.2, 0.25) is 0 Å². The predicted molar refractivity (Wildman–Crippen MR) is 115 cm³/mol. The first-order chi connectivity index (χ1) is 13.7. The Kier molecular flexibility index (Phi) is 3.87. The van der Waals surface area contributed by atoms with Crippen molar-refractivity contribution >= 4 is 21.8 Å². The molecule has 0 N–H and O–H groups in total. The Hall–Kier alpha value is -3.59. The number of pyridine rings is 3. The minimum absolute atomic E-state index is 0.853. The molecule has 0 saturated carbocycles. The Morgan fingerprint density at radius 2 is 0.929 bits per heavy atom. The molecular formula is C25H19N3. The maximum absolute atomic E-state index is 4.84. The summed E-state index contributed by atoms with van der Waals surface area (Å²) in [5.74, 6) is 0. The van der Waals surface area contributed by atoms with Crippen molar-refractivity contribution in [2.45, 2.75) is 13.8 Å². The molecule has 0 unspecified atom stereocenters. The van der Waals surface area contributed by atoms with Gasteiger partial charge in [0.1, 0.15) is 0 Å². The lowest BCUT2D eigenvalue weighted by atomic mass is 10.1. The molecule has 3 heterocycles. The van der Waals surface area contributed by atoms with Crippen LogP contribution in [0.1, 0.15) is 11.1 Å². The van der Waals surface area contributed by atoms with E-state index in [0.29, 0.717) is 0 Å². The summed E-state index contributed by atoms with van der Waals surface area (Å²) in [6.07, 6.45) is 0. The van der Waals surface area contributed by atoms with Crippen LogP contribution < -0.4 is 0 Å². The second-order valence-electron chi connectivity index (χ2n) is 7.19. The molecule has 3 aromatic heterocycles. The normalized spacial score (nSPS) is 11.2. The molecule has 5 aromatic rings. The molecule has 0 spiro atoms. The largest absolute Gasteiger partial charge is 0.246 e. The summed E-state index contributed by atoms with van der Waals surface area (Å²) in [7, 11) is 0. The van der Waals surface area contributed by atoms with Gasteiger partial charge in [0.15, 0.2) is 0 Å². The summed E-state index contributed by atoms with van der Waals surface area (Å²) < 4.78 is 0. The minimum atomic E-state index is 0.853. The summed E-state index contributed by atoms with van der Waals surface area (Å²) in [5, 5.41) is 2.29. The molecule has 0 amide bonds. The van der Waals surface area contributed by atoms with Crippen LogP contribution in [0.3, 0.4) is 0 Å². The molecule has 0 fully saturated rings. The Bertz CT molecular complexity index is 1240. The fraction of sp³-hybridized carbons (Fsp3) is 0.0800. The topological polar surface area (TPSA) is 38.7 Å². The number of rotatable bonds is 2. The lowest BCUT2D eigenvalue weighted by Crippen LogP contribution is -1.93. The van der Waals surface area contributed by atoms with Crippen molar-refractivity contribution in [3.05, 3.63) is 90.0 Å². The number of aromatic nitrogens is 3. The van der Waals surface area contributed by atoms with Crippen LogP contribution in [0.5, 0.6) is 0 Å². The van der Waals surface area contributed by atoms with Crippen molar-refractivity contribution in [3.8, 4) is 22.8 Å². The molecular weight excluding hydrogens is 342 g/mol.